The van der Waals surface area contributed by atoms with Crippen molar-refractivity contribution >= 4 is 11.6 Å². The van der Waals surface area contributed by atoms with E-state index >= 15 is 0 Å². The molecule has 6 heteroatoms. The largest absolute Gasteiger partial charge is 0.393 e. The minimum Gasteiger partial charge on any atom is -0.393 e. The average Bonchev–Trinajstić information content (AvgIpc) is 2.37. The Kier molecular flexibility index (Phi) is 4.44. The van der Waals surface area contributed by atoms with Gasteiger partial charge in [0.15, 0.2) is 0 Å². The van der Waals surface area contributed by atoms with Gasteiger partial charge in [0.25, 0.3) is 0 Å². The van der Waals surface area contributed by atoms with Gasteiger partial charge >= 0.3 is 0 Å². The number of amides is 1. The fourth-order valence-electron chi connectivity index (χ4n) is 2.08. The molecule has 19 heavy (non-hydrogen) atoms. The number of hydrogen-bond acceptors (Lipinski definition) is 3. The summed E-state index contributed by atoms with van der Waals surface area (Å²) < 4.78 is 26.7. The molecule has 1 aliphatic heterocycles. The van der Waals surface area contributed by atoms with E-state index in [4.69, 9.17) is 0 Å². The maximum absolute atomic E-state index is 13.3. The zero-order valence-corrected chi connectivity index (χ0v) is 10.4. The maximum atomic E-state index is 13.3. The van der Waals surface area contributed by atoms with Crippen LogP contribution in [0.1, 0.15) is 12.8 Å². The van der Waals surface area contributed by atoms with Gasteiger partial charge in [-0.3, -0.25) is 9.69 Å². The van der Waals surface area contributed by atoms with Crippen LogP contribution in [0.3, 0.4) is 0 Å². The van der Waals surface area contributed by atoms with Crippen LogP contribution in [0.4, 0.5) is 14.5 Å². The molecule has 1 amide bonds. The van der Waals surface area contributed by atoms with Crippen LogP contribution < -0.4 is 5.32 Å². The fraction of sp³-hybridized carbons (Fsp3) is 0.462. The molecule has 0 radical (unpaired) electrons. The number of aliphatic hydroxyl groups excluding tert-OH is 1. The number of halogens is 2. The molecule has 1 aromatic rings. The summed E-state index contributed by atoms with van der Waals surface area (Å²) in [4.78, 5) is 13.6. The summed E-state index contributed by atoms with van der Waals surface area (Å²) in [6.07, 6.45) is 0.909. The highest BCUT2D eigenvalue weighted by molar-refractivity contribution is 5.92. The summed E-state index contributed by atoms with van der Waals surface area (Å²) in [5.41, 5.74) is -0.412. The Labute approximate surface area is 110 Å². The van der Waals surface area contributed by atoms with E-state index in [1.807, 2.05) is 4.90 Å². The van der Waals surface area contributed by atoms with Crippen LogP contribution in [-0.2, 0) is 4.79 Å². The second-order valence-electron chi connectivity index (χ2n) is 4.65. The first kappa shape index (κ1) is 13.9. The van der Waals surface area contributed by atoms with Crippen LogP contribution in [0.2, 0.25) is 0 Å². The fourth-order valence-corrected chi connectivity index (χ4v) is 2.08. The van der Waals surface area contributed by atoms with Gasteiger partial charge in [0, 0.05) is 13.1 Å². The first-order chi connectivity index (χ1) is 9.06. The Morgan fingerprint density at radius 2 is 1.89 bits per heavy atom. The molecule has 0 atom stereocenters. The van der Waals surface area contributed by atoms with Gasteiger partial charge in [-0.15, -0.1) is 0 Å². The Hall–Kier alpha value is -1.53. The quantitative estimate of drug-likeness (QED) is 0.872. The molecular weight excluding hydrogens is 254 g/mol. The van der Waals surface area contributed by atoms with Crippen molar-refractivity contribution in [2.75, 3.05) is 25.0 Å². The highest BCUT2D eigenvalue weighted by Gasteiger charge is 2.20. The van der Waals surface area contributed by atoms with Crippen LogP contribution >= 0.6 is 0 Å². The van der Waals surface area contributed by atoms with Gasteiger partial charge in [0.2, 0.25) is 5.91 Å². The molecule has 0 bridgehead atoms. The van der Waals surface area contributed by atoms with Crippen LogP contribution in [0, 0.1) is 11.6 Å². The van der Waals surface area contributed by atoms with Gasteiger partial charge in [0.05, 0.1) is 12.6 Å². The lowest BCUT2D eigenvalue weighted by atomic mass is 10.1. The molecule has 1 aliphatic rings. The molecule has 0 aromatic heterocycles. The second kappa shape index (κ2) is 6.08. The molecular formula is C13H16F2N2O2. The predicted octanol–water partition coefficient (Wildman–Crippen LogP) is 1.36. The normalized spacial score (nSPS) is 17.4. The zero-order chi connectivity index (χ0) is 13.8. The number of rotatable bonds is 3. The van der Waals surface area contributed by atoms with Gasteiger partial charge in [-0.2, -0.15) is 0 Å². The molecule has 0 unspecified atom stereocenters. The number of piperidine rings is 1. The Balaban J connectivity index is 1.91. The molecule has 2 rings (SSSR count). The van der Waals surface area contributed by atoms with Crippen molar-refractivity contribution < 1.29 is 18.7 Å². The van der Waals surface area contributed by atoms with Crippen molar-refractivity contribution in [3.8, 4) is 0 Å². The molecule has 1 aromatic carbocycles. The zero-order valence-electron chi connectivity index (χ0n) is 10.4. The van der Waals surface area contributed by atoms with Gasteiger partial charge < -0.3 is 10.4 Å². The number of likely N-dealkylation sites (tertiary alicyclic amines) is 1. The summed E-state index contributed by atoms with van der Waals surface area (Å²) in [5, 5.41) is 11.6. The highest BCUT2D eigenvalue weighted by Crippen LogP contribution is 2.18. The molecule has 2 N–H and O–H groups in total. The van der Waals surface area contributed by atoms with E-state index in [1.54, 1.807) is 0 Å². The minimum absolute atomic E-state index is 0.0699. The molecule has 0 saturated carbocycles. The molecule has 0 spiro atoms. The SMILES string of the molecule is O=C(CN1CCC(O)CC1)Nc1c(F)cccc1F. The topological polar surface area (TPSA) is 52.6 Å². The van der Waals surface area contributed by atoms with Gasteiger partial charge in [0.1, 0.15) is 17.3 Å². The number of nitrogens with zero attached hydrogens (tertiary/aromatic N) is 1. The second-order valence-corrected chi connectivity index (χ2v) is 4.65. The predicted molar refractivity (Wildman–Crippen MR) is 66.7 cm³/mol. The molecule has 4 nitrogen and oxygen atoms in total. The summed E-state index contributed by atoms with van der Waals surface area (Å²) in [6.45, 7) is 1.28. The lowest BCUT2D eigenvalue weighted by Gasteiger charge is -2.28. The Morgan fingerprint density at radius 1 is 1.32 bits per heavy atom. The van der Waals surface area contributed by atoms with Crippen molar-refractivity contribution in [2.45, 2.75) is 18.9 Å². The first-order valence-corrected chi connectivity index (χ1v) is 6.20. The highest BCUT2D eigenvalue weighted by atomic mass is 19.1. The third-order valence-electron chi connectivity index (χ3n) is 3.15. The molecule has 104 valence electrons. The standard InChI is InChI=1S/C13H16F2N2O2/c14-10-2-1-3-11(15)13(10)16-12(19)8-17-6-4-9(18)5-7-17/h1-3,9,18H,4-8H2,(H,16,19). The van der Waals surface area contributed by atoms with Gasteiger partial charge in [-0.05, 0) is 25.0 Å². The number of anilines is 1. The lowest BCUT2D eigenvalue weighted by molar-refractivity contribution is -0.117. The van der Waals surface area contributed by atoms with Crippen LogP contribution in [-0.4, -0.2) is 41.7 Å². The third-order valence-corrected chi connectivity index (χ3v) is 3.15. The van der Waals surface area contributed by atoms with E-state index in [0.717, 1.165) is 12.1 Å². The van der Waals surface area contributed by atoms with Crippen molar-refractivity contribution in [3.05, 3.63) is 29.8 Å². The smallest absolute Gasteiger partial charge is 0.238 e. The molecule has 0 aliphatic carbocycles. The van der Waals surface area contributed by atoms with Crippen LogP contribution in [0.5, 0.6) is 0 Å². The molecule has 1 heterocycles. The van der Waals surface area contributed by atoms with Crippen LogP contribution in [0.25, 0.3) is 0 Å². The average molecular weight is 270 g/mol. The Bertz CT molecular complexity index is 440. The number of carbonyl (C=O) groups excluding carboxylic acids is 1. The van der Waals surface area contributed by atoms with Crippen molar-refractivity contribution in [2.24, 2.45) is 0 Å². The summed E-state index contributed by atoms with van der Waals surface area (Å²) in [5.74, 6) is -2.04. The number of aliphatic hydroxyl groups is 1. The summed E-state index contributed by atoms with van der Waals surface area (Å²) in [7, 11) is 0. The maximum Gasteiger partial charge on any atom is 0.238 e. The van der Waals surface area contributed by atoms with E-state index in [9.17, 15) is 18.7 Å². The summed E-state index contributed by atoms with van der Waals surface area (Å²) in [6, 6.07) is 3.43. The molecule has 1 saturated heterocycles. The first-order valence-electron chi connectivity index (χ1n) is 6.20. The van der Waals surface area contributed by atoms with E-state index in [1.165, 1.54) is 6.07 Å². The number of benzene rings is 1. The van der Waals surface area contributed by atoms with Crippen LogP contribution in [0.15, 0.2) is 18.2 Å². The third kappa shape index (κ3) is 3.71. The minimum atomic E-state index is -0.789. The van der Waals surface area contributed by atoms with Crippen molar-refractivity contribution in [1.82, 2.24) is 4.90 Å². The van der Waals surface area contributed by atoms with Gasteiger partial charge in [-0.1, -0.05) is 6.07 Å². The van der Waals surface area contributed by atoms with E-state index in [0.29, 0.717) is 25.9 Å². The van der Waals surface area contributed by atoms with Crippen molar-refractivity contribution in [3.63, 3.8) is 0 Å². The number of para-hydroxylation sites is 1. The van der Waals surface area contributed by atoms with Gasteiger partial charge in [-0.25, -0.2) is 8.78 Å². The monoisotopic (exact) mass is 270 g/mol. The van der Waals surface area contributed by atoms with E-state index < -0.39 is 23.2 Å². The number of hydrogen-bond donors (Lipinski definition) is 2. The van der Waals surface area contributed by atoms with Crippen molar-refractivity contribution in [1.29, 1.82) is 0 Å². The number of nitrogens with one attached hydrogen (secondary N) is 1. The Morgan fingerprint density at radius 3 is 2.47 bits per heavy atom. The van der Waals surface area contributed by atoms with E-state index in [2.05, 4.69) is 5.32 Å². The number of carbonyl (C=O) groups is 1. The lowest BCUT2D eigenvalue weighted by Crippen LogP contribution is -2.40. The van der Waals surface area contributed by atoms with E-state index in [-0.39, 0.29) is 12.6 Å². The molecule has 1 fully saturated rings. The summed E-state index contributed by atoms with van der Waals surface area (Å²) >= 11 is 0.